The summed E-state index contributed by atoms with van der Waals surface area (Å²) in [7, 11) is 0. The number of benzene rings is 2. The minimum Gasteiger partial charge on any atom is -0.472 e. The molecule has 6 heterocycles. The molecule has 4 aromatic rings. The molecule has 2 bridgehead atoms. The Bertz CT molecular complexity index is 1930. The number of rotatable bonds is 7. The molecule has 9 nitrogen and oxygen atoms in total. The summed E-state index contributed by atoms with van der Waals surface area (Å²) in [5.74, 6) is -2.36. The number of nitrogen functional groups attached to an aromatic ring is 1. The molecule has 3 saturated heterocycles. The lowest BCUT2D eigenvalue weighted by Crippen LogP contribution is -2.62. The van der Waals surface area contributed by atoms with E-state index in [0.717, 1.165) is 48.4 Å². The summed E-state index contributed by atoms with van der Waals surface area (Å²) in [6.07, 6.45) is 4.27. The smallest absolute Gasteiger partial charge is 0.319 e. The van der Waals surface area contributed by atoms with Crippen molar-refractivity contribution in [1.29, 1.82) is 0 Å². The lowest BCUT2D eigenvalue weighted by atomic mass is 9.94. The molecule has 12 heteroatoms. The van der Waals surface area contributed by atoms with Crippen LogP contribution in [0.15, 0.2) is 30.3 Å². The number of hydrogen-bond donors (Lipinski definition) is 2. The number of anilines is 2. The molecule has 47 heavy (non-hydrogen) atoms. The summed E-state index contributed by atoms with van der Waals surface area (Å²) in [6, 6.07) is 10.1. The molecule has 4 fully saturated rings. The Hall–Kier alpha value is -3.90. The van der Waals surface area contributed by atoms with Crippen LogP contribution < -0.4 is 25.4 Å². The van der Waals surface area contributed by atoms with Gasteiger partial charge in [-0.15, -0.1) is 0 Å². The van der Waals surface area contributed by atoms with Crippen LogP contribution in [0.2, 0.25) is 0 Å². The minimum absolute atomic E-state index is 0.0526. The third-order valence-corrected chi connectivity index (χ3v) is 10.9. The molecule has 2 aromatic heterocycles. The van der Waals surface area contributed by atoms with Gasteiger partial charge in [0.05, 0.1) is 25.7 Å². The summed E-state index contributed by atoms with van der Waals surface area (Å²) in [4.78, 5) is 18.5. The van der Waals surface area contributed by atoms with Crippen LogP contribution in [0.5, 0.6) is 11.9 Å². The number of likely N-dealkylation sites (tertiary alicyclic amines) is 1. The van der Waals surface area contributed by atoms with E-state index in [4.69, 9.17) is 30.2 Å². The molecule has 1 aliphatic carbocycles. The van der Waals surface area contributed by atoms with Crippen LogP contribution in [-0.2, 0) is 6.42 Å². The van der Waals surface area contributed by atoms with Gasteiger partial charge in [-0.1, -0.05) is 25.1 Å². The number of aryl methyl sites for hydroxylation is 1. The minimum atomic E-state index is -2.62. The first-order chi connectivity index (χ1) is 22.6. The standard InChI is InChI=1S/C35H38F3N7O2/c1-3-19-5-4-6-20-11-21(39)12-23(25(19)20)28-27(36)29-26-31(45-13-22-7-8-24(40-22)30(45)18(2)47-32(26)41-28)43-33(42-29)46-17-34(9-10-34)14-44-15-35(37,38)16-44/h4-6,11-12,18,22,24,30,40H,3,7-10,13-17,39H2,1-2H3/t18-,22+,24-,30+/m0/s1. The molecule has 9 rings (SSSR count). The second-order valence-corrected chi connectivity index (χ2v) is 14.4. The van der Waals surface area contributed by atoms with E-state index in [1.807, 2.05) is 31.2 Å². The van der Waals surface area contributed by atoms with Gasteiger partial charge in [-0.25, -0.2) is 18.2 Å². The van der Waals surface area contributed by atoms with Gasteiger partial charge in [0.15, 0.2) is 5.82 Å². The molecule has 0 unspecified atom stereocenters. The first-order valence-electron chi connectivity index (χ1n) is 16.8. The number of nitrogens with two attached hydrogens (primary N) is 1. The topological polar surface area (TPSA) is 102 Å². The lowest BCUT2D eigenvalue weighted by molar-refractivity contribution is -0.137. The van der Waals surface area contributed by atoms with Crippen LogP contribution in [0.3, 0.4) is 0 Å². The first kappa shape index (κ1) is 29.3. The molecule has 3 N–H and O–H groups in total. The van der Waals surface area contributed by atoms with Crippen molar-refractivity contribution >= 4 is 33.2 Å². The van der Waals surface area contributed by atoms with E-state index in [2.05, 4.69) is 17.1 Å². The molecular formula is C35H38F3N7O2. The fourth-order valence-corrected chi connectivity index (χ4v) is 8.48. The van der Waals surface area contributed by atoms with Crippen molar-refractivity contribution in [3.8, 4) is 23.1 Å². The van der Waals surface area contributed by atoms with Gasteiger partial charge in [-0.3, -0.25) is 4.90 Å². The Labute approximate surface area is 270 Å². The molecule has 5 aliphatic rings. The van der Waals surface area contributed by atoms with Crippen molar-refractivity contribution in [2.75, 3.05) is 43.4 Å². The Kier molecular flexibility index (Phi) is 6.41. The largest absolute Gasteiger partial charge is 0.472 e. The van der Waals surface area contributed by atoms with Crippen molar-refractivity contribution in [2.24, 2.45) is 5.41 Å². The predicted octanol–water partition coefficient (Wildman–Crippen LogP) is 5.33. The zero-order chi connectivity index (χ0) is 32.2. The average Bonchev–Trinajstić information content (AvgIpc) is 3.72. The number of ether oxygens (including phenoxy) is 2. The zero-order valence-electron chi connectivity index (χ0n) is 26.5. The maximum Gasteiger partial charge on any atom is 0.319 e. The lowest BCUT2D eigenvalue weighted by Gasteiger charge is -2.42. The second kappa shape index (κ2) is 10.3. The Morgan fingerprint density at radius 2 is 1.94 bits per heavy atom. The number of alkyl halides is 2. The summed E-state index contributed by atoms with van der Waals surface area (Å²) < 4.78 is 57.1. The molecular weight excluding hydrogens is 607 g/mol. The molecule has 4 atom stereocenters. The maximum atomic E-state index is 17.1. The third-order valence-electron chi connectivity index (χ3n) is 10.9. The molecule has 2 aromatic carbocycles. The number of fused-ring (bicyclic) bond motifs is 6. The van der Waals surface area contributed by atoms with Crippen molar-refractivity contribution in [1.82, 2.24) is 25.2 Å². The highest BCUT2D eigenvalue weighted by molar-refractivity contribution is 6.04. The number of pyridine rings is 1. The van der Waals surface area contributed by atoms with E-state index < -0.39 is 11.7 Å². The van der Waals surface area contributed by atoms with Gasteiger partial charge in [-0.2, -0.15) is 9.97 Å². The summed E-state index contributed by atoms with van der Waals surface area (Å²) >= 11 is 0. The Morgan fingerprint density at radius 3 is 2.70 bits per heavy atom. The maximum absolute atomic E-state index is 17.1. The van der Waals surface area contributed by atoms with Gasteiger partial charge in [0.1, 0.15) is 28.5 Å². The van der Waals surface area contributed by atoms with E-state index in [-0.39, 0.29) is 72.4 Å². The summed E-state index contributed by atoms with van der Waals surface area (Å²) in [5, 5.41) is 5.96. The number of piperazine rings is 1. The highest BCUT2D eigenvalue weighted by atomic mass is 19.3. The Morgan fingerprint density at radius 1 is 1.11 bits per heavy atom. The average molecular weight is 646 g/mol. The first-order valence-corrected chi connectivity index (χ1v) is 16.8. The van der Waals surface area contributed by atoms with Crippen LogP contribution in [0.4, 0.5) is 24.7 Å². The van der Waals surface area contributed by atoms with Crippen LogP contribution in [0, 0.1) is 11.2 Å². The molecule has 1 saturated carbocycles. The Balaban J connectivity index is 1.19. The van der Waals surface area contributed by atoms with Crippen LogP contribution in [0.1, 0.15) is 45.1 Å². The predicted molar refractivity (Wildman–Crippen MR) is 174 cm³/mol. The summed E-state index contributed by atoms with van der Waals surface area (Å²) in [6.45, 7) is 5.15. The number of nitrogens with zero attached hydrogens (tertiary/aromatic N) is 5. The highest BCUT2D eigenvalue weighted by Crippen LogP contribution is 2.49. The van der Waals surface area contributed by atoms with E-state index in [0.29, 0.717) is 35.5 Å². The number of aromatic nitrogens is 3. The van der Waals surface area contributed by atoms with Gasteiger partial charge >= 0.3 is 6.01 Å². The molecule has 0 spiro atoms. The van der Waals surface area contributed by atoms with Gasteiger partial charge in [0, 0.05) is 41.8 Å². The highest BCUT2D eigenvalue weighted by Gasteiger charge is 2.52. The van der Waals surface area contributed by atoms with Gasteiger partial charge in [0.25, 0.3) is 5.92 Å². The van der Waals surface area contributed by atoms with E-state index in [9.17, 15) is 8.78 Å². The van der Waals surface area contributed by atoms with E-state index >= 15 is 4.39 Å². The van der Waals surface area contributed by atoms with Gasteiger partial charge in [-0.05, 0) is 67.5 Å². The zero-order valence-corrected chi connectivity index (χ0v) is 26.5. The quantitative estimate of drug-likeness (QED) is 0.259. The molecule has 0 radical (unpaired) electrons. The number of nitrogens with one attached hydrogen (secondary N) is 1. The fraction of sp³-hybridized carbons (Fsp3) is 0.514. The fourth-order valence-electron chi connectivity index (χ4n) is 8.48. The number of hydrogen-bond acceptors (Lipinski definition) is 9. The summed E-state index contributed by atoms with van der Waals surface area (Å²) in [5.41, 5.74) is 8.48. The molecule has 4 aliphatic heterocycles. The normalized spacial score (nSPS) is 26.9. The van der Waals surface area contributed by atoms with Crippen LogP contribution >= 0.6 is 0 Å². The molecule has 246 valence electrons. The van der Waals surface area contributed by atoms with Gasteiger partial charge < -0.3 is 25.4 Å². The molecule has 0 amide bonds. The third kappa shape index (κ3) is 4.77. The van der Waals surface area contributed by atoms with Gasteiger partial charge in [0.2, 0.25) is 5.88 Å². The SMILES string of the molecule is CCc1cccc2cc(N)cc(-c3nc4c5c(nc(OCC6(CN7CC(F)(F)C7)CC6)nc5c3F)N3C[C@H]5CC[C@H](N5)[C@H]3[C@H](C)O4)c12. The second-order valence-electron chi connectivity index (χ2n) is 14.4. The van der Waals surface area contributed by atoms with Crippen molar-refractivity contribution < 1.29 is 22.6 Å². The van der Waals surface area contributed by atoms with Crippen molar-refractivity contribution in [2.45, 2.75) is 76.1 Å². The van der Waals surface area contributed by atoms with Crippen molar-refractivity contribution in [3.05, 3.63) is 41.7 Å². The van der Waals surface area contributed by atoms with Crippen LogP contribution in [-0.4, -0.2) is 82.8 Å². The van der Waals surface area contributed by atoms with E-state index in [1.54, 1.807) is 11.0 Å². The van der Waals surface area contributed by atoms with E-state index in [1.165, 1.54) is 0 Å². The number of halogens is 3. The van der Waals surface area contributed by atoms with Crippen molar-refractivity contribution in [3.63, 3.8) is 0 Å². The van der Waals surface area contributed by atoms with Crippen LogP contribution in [0.25, 0.3) is 32.9 Å². The monoisotopic (exact) mass is 645 g/mol.